The summed E-state index contributed by atoms with van der Waals surface area (Å²) in [6.45, 7) is 1.80. The average molecular weight is 392 g/mol. The molecule has 0 bridgehead atoms. The van der Waals surface area contributed by atoms with E-state index in [1.807, 2.05) is 25.1 Å². The number of allylic oxidation sites excluding steroid dienone is 2. The van der Waals surface area contributed by atoms with Gasteiger partial charge in [0, 0.05) is 29.8 Å². The molecule has 1 aromatic heterocycles. The van der Waals surface area contributed by atoms with Crippen molar-refractivity contribution in [2.45, 2.75) is 44.8 Å². The first-order valence-electron chi connectivity index (χ1n) is 9.36. The largest absolute Gasteiger partial charge is 0.396 e. The van der Waals surface area contributed by atoms with Gasteiger partial charge in [-0.15, -0.1) is 0 Å². The summed E-state index contributed by atoms with van der Waals surface area (Å²) in [5, 5.41) is 12.5. The summed E-state index contributed by atoms with van der Waals surface area (Å²) in [6, 6.07) is 7.09. The highest BCUT2D eigenvalue weighted by Crippen LogP contribution is 2.40. The van der Waals surface area contributed by atoms with Gasteiger partial charge in [0.2, 0.25) is 0 Å². The number of pyridine rings is 1. The summed E-state index contributed by atoms with van der Waals surface area (Å²) < 4.78 is 38.7. The van der Waals surface area contributed by atoms with Crippen LogP contribution in [0.3, 0.4) is 0 Å². The molecule has 150 valence electrons. The van der Waals surface area contributed by atoms with Gasteiger partial charge in [0.1, 0.15) is 0 Å². The maximum Gasteiger partial charge on any atom is 0.392 e. The molecule has 0 aliphatic heterocycles. The van der Waals surface area contributed by atoms with Crippen LogP contribution in [-0.2, 0) is 0 Å². The van der Waals surface area contributed by atoms with Crippen molar-refractivity contribution in [3.05, 3.63) is 47.7 Å². The molecule has 1 heterocycles. The quantitative estimate of drug-likeness (QED) is 0.789. The Morgan fingerprint density at radius 2 is 2.18 bits per heavy atom. The lowest BCUT2D eigenvalue weighted by atomic mass is 9.85. The first kappa shape index (κ1) is 20.3. The normalized spacial score (nSPS) is 18.6. The minimum absolute atomic E-state index is 0.00884. The molecule has 0 saturated heterocycles. The smallest absolute Gasteiger partial charge is 0.392 e. The molecule has 1 aromatic carbocycles. The summed E-state index contributed by atoms with van der Waals surface area (Å²) in [7, 11) is 0. The number of fused-ring (bicyclic) bond motifs is 1. The number of amides is 1. The highest BCUT2D eigenvalue weighted by Gasteiger charge is 2.39. The van der Waals surface area contributed by atoms with Crippen LogP contribution in [0.5, 0.6) is 0 Å². The number of halogens is 3. The van der Waals surface area contributed by atoms with Crippen molar-refractivity contribution in [1.82, 2.24) is 10.3 Å². The zero-order chi connectivity index (χ0) is 20.3. The van der Waals surface area contributed by atoms with Crippen LogP contribution in [0.2, 0.25) is 0 Å². The highest BCUT2D eigenvalue weighted by atomic mass is 19.4. The molecule has 4 nitrogen and oxygen atoms in total. The molecular weight excluding hydrogens is 369 g/mol. The van der Waals surface area contributed by atoms with Gasteiger partial charge >= 0.3 is 6.18 Å². The zero-order valence-electron chi connectivity index (χ0n) is 15.6. The lowest BCUT2D eigenvalue weighted by molar-refractivity contribution is -0.175. The molecule has 0 fully saturated rings. The number of aliphatic hydroxyl groups is 1. The van der Waals surface area contributed by atoms with Gasteiger partial charge in [-0.1, -0.05) is 24.3 Å². The number of nitrogens with zero attached hydrogens (tertiary/aromatic N) is 1. The van der Waals surface area contributed by atoms with Crippen molar-refractivity contribution in [2.24, 2.45) is 5.92 Å². The SMILES string of the molecule is C[C@H](CCO)NC(=O)c1cnc2c(C3=CC[C@@H](C(F)(F)F)CC3)cccc2c1. The van der Waals surface area contributed by atoms with Crippen molar-refractivity contribution in [1.29, 1.82) is 0 Å². The van der Waals surface area contributed by atoms with Crippen molar-refractivity contribution in [3.8, 4) is 0 Å². The van der Waals surface area contributed by atoms with E-state index in [1.54, 1.807) is 12.1 Å². The Labute approximate surface area is 161 Å². The van der Waals surface area contributed by atoms with Gasteiger partial charge in [-0.2, -0.15) is 13.2 Å². The third-order valence-corrected chi connectivity index (χ3v) is 5.13. The van der Waals surface area contributed by atoms with Gasteiger partial charge in [-0.05, 0) is 44.2 Å². The summed E-state index contributed by atoms with van der Waals surface area (Å²) in [6.07, 6.45) is -0.137. The van der Waals surface area contributed by atoms with E-state index in [0.717, 1.165) is 16.5 Å². The standard InChI is InChI=1S/C21H23F3N2O2/c1-13(9-10-27)26-20(28)16-11-15-3-2-4-18(19(15)25-12-16)14-5-7-17(8-6-14)21(22,23)24/h2-5,11-13,17,27H,6-10H2,1H3,(H,26,28)/t13-,17-/m1/s1. The average Bonchev–Trinajstić information content (AvgIpc) is 2.66. The third-order valence-electron chi connectivity index (χ3n) is 5.13. The first-order chi connectivity index (χ1) is 13.3. The van der Waals surface area contributed by atoms with Crippen LogP contribution in [0.1, 0.15) is 48.5 Å². The van der Waals surface area contributed by atoms with Crippen molar-refractivity contribution < 1.29 is 23.1 Å². The Morgan fingerprint density at radius 3 is 2.82 bits per heavy atom. The predicted octanol–water partition coefficient (Wildman–Crippen LogP) is 4.48. The lowest BCUT2D eigenvalue weighted by Crippen LogP contribution is -2.33. The maximum atomic E-state index is 12.9. The second-order valence-electron chi connectivity index (χ2n) is 7.23. The zero-order valence-corrected chi connectivity index (χ0v) is 15.6. The molecule has 0 unspecified atom stereocenters. The number of aliphatic hydroxyl groups excluding tert-OH is 1. The van der Waals surface area contributed by atoms with Gasteiger partial charge in [0.15, 0.2) is 0 Å². The number of benzene rings is 1. The van der Waals surface area contributed by atoms with E-state index >= 15 is 0 Å². The Morgan fingerprint density at radius 1 is 1.39 bits per heavy atom. The number of para-hydroxylation sites is 1. The molecule has 28 heavy (non-hydrogen) atoms. The molecule has 2 atom stereocenters. The Hall–Kier alpha value is -2.41. The summed E-state index contributed by atoms with van der Waals surface area (Å²) >= 11 is 0. The van der Waals surface area contributed by atoms with E-state index in [9.17, 15) is 18.0 Å². The van der Waals surface area contributed by atoms with Crippen LogP contribution >= 0.6 is 0 Å². The molecule has 0 saturated carbocycles. The second kappa shape index (κ2) is 8.31. The van der Waals surface area contributed by atoms with Crippen LogP contribution in [0, 0.1) is 5.92 Å². The monoisotopic (exact) mass is 392 g/mol. The van der Waals surface area contributed by atoms with Crippen LogP contribution in [0.25, 0.3) is 16.5 Å². The van der Waals surface area contributed by atoms with E-state index in [0.29, 0.717) is 23.9 Å². The first-order valence-corrected chi connectivity index (χ1v) is 9.36. The summed E-state index contributed by atoms with van der Waals surface area (Å²) in [5.41, 5.74) is 2.77. The van der Waals surface area contributed by atoms with Gasteiger partial charge in [-0.3, -0.25) is 9.78 Å². The number of aromatic nitrogens is 1. The number of carbonyl (C=O) groups is 1. The number of nitrogens with one attached hydrogen (secondary N) is 1. The van der Waals surface area contributed by atoms with Crippen LogP contribution in [0.4, 0.5) is 13.2 Å². The highest BCUT2D eigenvalue weighted by molar-refractivity contribution is 5.99. The van der Waals surface area contributed by atoms with E-state index in [4.69, 9.17) is 5.11 Å². The topological polar surface area (TPSA) is 62.2 Å². The number of carbonyl (C=O) groups excluding carboxylic acids is 1. The fraction of sp³-hybridized carbons (Fsp3) is 0.429. The maximum absolute atomic E-state index is 12.9. The Bertz CT molecular complexity index is 893. The van der Waals surface area contributed by atoms with E-state index in [-0.39, 0.29) is 31.4 Å². The molecule has 2 N–H and O–H groups in total. The Balaban J connectivity index is 1.85. The van der Waals surface area contributed by atoms with E-state index in [2.05, 4.69) is 10.3 Å². The fourth-order valence-electron chi connectivity index (χ4n) is 3.49. The molecule has 1 amide bonds. The lowest BCUT2D eigenvalue weighted by Gasteiger charge is -2.24. The van der Waals surface area contributed by atoms with E-state index < -0.39 is 12.1 Å². The molecular formula is C21H23F3N2O2. The molecule has 1 aliphatic rings. The summed E-state index contributed by atoms with van der Waals surface area (Å²) in [5.74, 6) is -1.55. The fourth-order valence-corrected chi connectivity index (χ4v) is 3.49. The molecule has 2 aromatic rings. The van der Waals surface area contributed by atoms with Crippen LogP contribution in [0.15, 0.2) is 36.5 Å². The van der Waals surface area contributed by atoms with Crippen LogP contribution < -0.4 is 5.32 Å². The second-order valence-corrected chi connectivity index (χ2v) is 7.23. The predicted molar refractivity (Wildman–Crippen MR) is 102 cm³/mol. The number of alkyl halides is 3. The van der Waals surface area contributed by atoms with Crippen molar-refractivity contribution in [2.75, 3.05) is 6.61 Å². The minimum atomic E-state index is -4.16. The van der Waals surface area contributed by atoms with E-state index in [1.165, 1.54) is 6.20 Å². The minimum Gasteiger partial charge on any atom is -0.396 e. The van der Waals surface area contributed by atoms with Gasteiger partial charge in [-0.25, -0.2) is 0 Å². The van der Waals surface area contributed by atoms with Crippen molar-refractivity contribution in [3.63, 3.8) is 0 Å². The number of hydrogen-bond acceptors (Lipinski definition) is 3. The van der Waals surface area contributed by atoms with Gasteiger partial charge in [0.25, 0.3) is 5.91 Å². The number of rotatable bonds is 5. The molecule has 3 rings (SSSR count). The third kappa shape index (κ3) is 4.52. The molecule has 7 heteroatoms. The van der Waals surface area contributed by atoms with Crippen LogP contribution in [-0.4, -0.2) is 34.8 Å². The summed E-state index contributed by atoms with van der Waals surface area (Å²) in [4.78, 5) is 16.8. The molecule has 0 spiro atoms. The van der Waals surface area contributed by atoms with Gasteiger partial charge in [0.05, 0.1) is 17.0 Å². The molecule has 1 aliphatic carbocycles. The van der Waals surface area contributed by atoms with Crippen molar-refractivity contribution >= 4 is 22.4 Å². The molecule has 0 radical (unpaired) electrons. The number of hydrogen-bond donors (Lipinski definition) is 2. The Kier molecular flexibility index (Phi) is 6.03. The van der Waals surface area contributed by atoms with Gasteiger partial charge < -0.3 is 10.4 Å².